The van der Waals surface area contributed by atoms with Gasteiger partial charge in [0.05, 0.1) is 12.3 Å². The molecule has 0 bridgehead atoms. The molecule has 0 fully saturated rings. The van der Waals surface area contributed by atoms with Crippen LogP contribution in [0, 0.1) is 6.92 Å². The van der Waals surface area contributed by atoms with Crippen molar-refractivity contribution in [3.8, 4) is 5.75 Å². The highest BCUT2D eigenvalue weighted by molar-refractivity contribution is 7.98. The van der Waals surface area contributed by atoms with Crippen molar-refractivity contribution in [1.29, 1.82) is 0 Å². The van der Waals surface area contributed by atoms with Crippen LogP contribution in [-0.4, -0.2) is 20.9 Å². The van der Waals surface area contributed by atoms with Gasteiger partial charge in [0.1, 0.15) is 5.75 Å². The van der Waals surface area contributed by atoms with Gasteiger partial charge in [-0.05, 0) is 24.7 Å². The Labute approximate surface area is 177 Å². The summed E-state index contributed by atoms with van der Waals surface area (Å²) in [6.45, 7) is 3.92. The zero-order valence-electron chi connectivity index (χ0n) is 18.3. The number of hydrogen-bond donors (Lipinski definition) is 2. The summed E-state index contributed by atoms with van der Waals surface area (Å²) in [6.07, 6.45) is 21.3. The van der Waals surface area contributed by atoms with E-state index in [1.165, 1.54) is 89.9 Å². The number of aromatic nitrogens is 1. The van der Waals surface area contributed by atoms with E-state index in [0.717, 1.165) is 17.1 Å². The zero-order valence-corrected chi connectivity index (χ0v) is 19.2. The minimum Gasteiger partial charge on any atom is -0.506 e. The third-order valence-corrected chi connectivity index (χ3v) is 6.58. The first-order valence-electron chi connectivity index (χ1n) is 11.6. The van der Waals surface area contributed by atoms with Gasteiger partial charge < -0.3 is 10.2 Å². The molecule has 0 amide bonds. The van der Waals surface area contributed by atoms with Gasteiger partial charge in [0.25, 0.3) is 0 Å². The molecule has 0 aliphatic rings. The SMILES string of the molecule is CCCCCCCCCCCCCCCCSCc1cnc(C)c(O)c1CO. The maximum Gasteiger partial charge on any atom is 0.142 e. The summed E-state index contributed by atoms with van der Waals surface area (Å²) in [5.41, 5.74) is 2.19. The Balaban J connectivity index is 1.90. The lowest BCUT2D eigenvalue weighted by Gasteiger charge is -2.10. The summed E-state index contributed by atoms with van der Waals surface area (Å²) in [7, 11) is 0. The van der Waals surface area contributed by atoms with Crippen LogP contribution in [0.5, 0.6) is 5.75 Å². The minimum absolute atomic E-state index is 0.121. The lowest BCUT2D eigenvalue weighted by Crippen LogP contribution is -1.98. The maximum atomic E-state index is 9.98. The molecule has 162 valence electrons. The van der Waals surface area contributed by atoms with Crippen molar-refractivity contribution in [2.24, 2.45) is 0 Å². The highest BCUT2D eigenvalue weighted by atomic mass is 32.2. The first-order valence-corrected chi connectivity index (χ1v) is 12.7. The van der Waals surface area contributed by atoms with Crippen molar-refractivity contribution in [2.75, 3.05) is 5.75 Å². The standard InChI is InChI=1S/C24H43NO2S/c1-3-4-5-6-7-8-9-10-11-12-13-14-15-16-17-28-20-22-18-25-21(2)24(27)23(22)19-26/h18,26-27H,3-17,19-20H2,1-2H3. The fraction of sp³-hybridized carbons (Fsp3) is 0.792. The Morgan fingerprint density at radius 1 is 0.821 bits per heavy atom. The van der Waals surface area contributed by atoms with Crippen LogP contribution in [0.3, 0.4) is 0 Å². The third kappa shape index (κ3) is 11.3. The number of nitrogens with zero attached hydrogens (tertiary/aromatic N) is 1. The molecule has 0 aliphatic carbocycles. The Morgan fingerprint density at radius 3 is 1.82 bits per heavy atom. The van der Waals surface area contributed by atoms with Crippen molar-refractivity contribution in [2.45, 2.75) is 116 Å². The summed E-state index contributed by atoms with van der Waals surface area (Å²) in [4.78, 5) is 4.20. The second-order valence-electron chi connectivity index (χ2n) is 8.00. The van der Waals surface area contributed by atoms with E-state index in [4.69, 9.17) is 0 Å². The molecule has 3 nitrogen and oxygen atoms in total. The quantitative estimate of drug-likeness (QED) is 0.250. The van der Waals surface area contributed by atoms with Gasteiger partial charge in [0.15, 0.2) is 0 Å². The number of aliphatic hydroxyl groups is 1. The second kappa shape index (κ2) is 17.1. The number of hydrogen-bond acceptors (Lipinski definition) is 4. The summed E-state index contributed by atoms with van der Waals surface area (Å²) in [6, 6.07) is 0. The molecule has 1 aromatic rings. The number of rotatable bonds is 18. The van der Waals surface area contributed by atoms with Gasteiger partial charge in [-0.2, -0.15) is 11.8 Å². The van der Waals surface area contributed by atoms with Gasteiger partial charge in [-0.15, -0.1) is 0 Å². The lowest BCUT2D eigenvalue weighted by molar-refractivity contribution is 0.274. The van der Waals surface area contributed by atoms with Crippen LogP contribution in [0.1, 0.15) is 114 Å². The number of thioether (sulfide) groups is 1. The Hall–Kier alpha value is -0.740. The molecule has 0 spiro atoms. The van der Waals surface area contributed by atoms with Crippen LogP contribution in [0.4, 0.5) is 0 Å². The molecule has 0 aromatic carbocycles. The minimum atomic E-state index is -0.121. The van der Waals surface area contributed by atoms with Crippen LogP contribution in [0.25, 0.3) is 0 Å². The van der Waals surface area contributed by atoms with Gasteiger partial charge in [0.2, 0.25) is 0 Å². The number of aliphatic hydroxyl groups excluding tert-OH is 1. The van der Waals surface area contributed by atoms with Crippen molar-refractivity contribution in [1.82, 2.24) is 4.98 Å². The highest BCUT2D eigenvalue weighted by Crippen LogP contribution is 2.27. The summed E-state index contributed by atoms with van der Waals surface area (Å²) < 4.78 is 0. The molecule has 0 saturated carbocycles. The fourth-order valence-corrected chi connectivity index (χ4v) is 4.59. The molecule has 0 atom stereocenters. The Kier molecular flexibility index (Phi) is 15.5. The molecule has 0 saturated heterocycles. The molecule has 1 rings (SSSR count). The van der Waals surface area contributed by atoms with Gasteiger partial charge in [-0.1, -0.05) is 90.4 Å². The smallest absolute Gasteiger partial charge is 0.142 e. The first kappa shape index (κ1) is 25.3. The predicted molar refractivity (Wildman–Crippen MR) is 123 cm³/mol. The predicted octanol–water partition coefficient (Wildman–Crippen LogP) is 7.30. The second-order valence-corrected chi connectivity index (χ2v) is 9.11. The molecule has 0 aliphatic heterocycles. The van der Waals surface area contributed by atoms with Crippen molar-refractivity contribution in [3.05, 3.63) is 23.0 Å². The number of aryl methyl sites for hydroxylation is 1. The summed E-state index contributed by atoms with van der Waals surface area (Å²) >= 11 is 1.87. The van der Waals surface area contributed by atoms with Crippen molar-refractivity contribution in [3.63, 3.8) is 0 Å². The normalized spacial score (nSPS) is 11.2. The molecule has 2 N–H and O–H groups in total. The van der Waals surface area contributed by atoms with E-state index in [2.05, 4.69) is 11.9 Å². The van der Waals surface area contributed by atoms with E-state index >= 15 is 0 Å². The molecule has 0 radical (unpaired) electrons. The Morgan fingerprint density at radius 2 is 1.32 bits per heavy atom. The van der Waals surface area contributed by atoms with Gasteiger partial charge >= 0.3 is 0 Å². The number of pyridine rings is 1. The van der Waals surface area contributed by atoms with Gasteiger partial charge in [0, 0.05) is 17.5 Å². The average Bonchev–Trinajstić information content (AvgIpc) is 2.70. The largest absolute Gasteiger partial charge is 0.506 e. The molecule has 1 heterocycles. The molecule has 4 heteroatoms. The molecular formula is C24H43NO2S. The number of aromatic hydroxyl groups is 1. The van der Waals surface area contributed by atoms with E-state index in [0.29, 0.717) is 11.3 Å². The zero-order chi connectivity index (χ0) is 20.5. The van der Waals surface area contributed by atoms with E-state index < -0.39 is 0 Å². The van der Waals surface area contributed by atoms with Crippen LogP contribution in [-0.2, 0) is 12.4 Å². The van der Waals surface area contributed by atoms with Crippen LogP contribution in [0.15, 0.2) is 6.20 Å². The van der Waals surface area contributed by atoms with Crippen LogP contribution in [0.2, 0.25) is 0 Å². The Bertz CT molecular complexity index is 508. The van der Waals surface area contributed by atoms with Crippen molar-refractivity contribution >= 4 is 11.8 Å². The van der Waals surface area contributed by atoms with E-state index in [-0.39, 0.29) is 12.4 Å². The summed E-state index contributed by atoms with van der Waals surface area (Å²) in [5.74, 6) is 2.10. The monoisotopic (exact) mass is 409 g/mol. The van der Waals surface area contributed by atoms with E-state index in [1.807, 2.05) is 11.8 Å². The highest BCUT2D eigenvalue weighted by Gasteiger charge is 2.10. The van der Waals surface area contributed by atoms with Crippen LogP contribution < -0.4 is 0 Å². The lowest BCUT2D eigenvalue weighted by atomic mass is 10.0. The average molecular weight is 410 g/mol. The fourth-order valence-electron chi connectivity index (χ4n) is 3.57. The van der Waals surface area contributed by atoms with Gasteiger partial charge in [-0.3, -0.25) is 4.98 Å². The molecule has 1 aromatic heterocycles. The molecular weight excluding hydrogens is 366 g/mol. The van der Waals surface area contributed by atoms with E-state index in [1.54, 1.807) is 13.1 Å². The van der Waals surface area contributed by atoms with Crippen molar-refractivity contribution < 1.29 is 10.2 Å². The summed E-state index contributed by atoms with van der Waals surface area (Å²) in [5, 5.41) is 19.4. The number of unbranched alkanes of at least 4 members (excludes halogenated alkanes) is 13. The first-order chi connectivity index (χ1) is 13.7. The molecule has 0 unspecified atom stereocenters. The topological polar surface area (TPSA) is 53.4 Å². The van der Waals surface area contributed by atoms with E-state index in [9.17, 15) is 10.2 Å². The third-order valence-electron chi connectivity index (χ3n) is 5.49. The molecule has 28 heavy (non-hydrogen) atoms. The van der Waals surface area contributed by atoms with Crippen LogP contribution >= 0.6 is 11.8 Å². The maximum absolute atomic E-state index is 9.98. The van der Waals surface area contributed by atoms with Gasteiger partial charge in [-0.25, -0.2) is 0 Å².